The number of nitrogens with one attached hydrogen (secondary N) is 1. The van der Waals surface area contributed by atoms with Crippen LogP contribution in [0.15, 0.2) is 18.3 Å². The minimum absolute atomic E-state index is 0.142. The number of carboxylic acids is 1. The van der Waals surface area contributed by atoms with Gasteiger partial charge in [-0.25, -0.2) is 4.98 Å². The molecule has 1 aromatic rings. The molecule has 0 saturated carbocycles. The fourth-order valence-corrected chi connectivity index (χ4v) is 1.77. The molecular weight excluding hydrogens is 289 g/mol. The third kappa shape index (κ3) is 5.80. The van der Waals surface area contributed by atoms with E-state index in [1.807, 2.05) is 0 Å². The number of pyridine rings is 1. The summed E-state index contributed by atoms with van der Waals surface area (Å²) in [7, 11) is 0. The molecule has 0 atom stereocenters. The predicted molar refractivity (Wildman–Crippen MR) is 68.5 cm³/mol. The number of aromatic nitrogens is 1. The Kier molecular flexibility index (Phi) is 4.93. The van der Waals surface area contributed by atoms with Crippen molar-refractivity contribution in [2.45, 2.75) is 32.9 Å². The zero-order chi connectivity index (χ0) is 16.3. The molecule has 0 aliphatic heterocycles. The molecule has 0 aliphatic rings. The molecule has 2 N–H and O–H groups in total. The van der Waals surface area contributed by atoms with E-state index < -0.39 is 29.0 Å². The Morgan fingerprint density at radius 2 is 1.90 bits per heavy atom. The van der Waals surface area contributed by atoms with Gasteiger partial charge in [0, 0.05) is 12.6 Å². The molecule has 0 spiro atoms. The molecule has 0 fully saturated rings. The summed E-state index contributed by atoms with van der Waals surface area (Å²) < 4.78 is 37.5. The maximum atomic E-state index is 12.5. The second kappa shape index (κ2) is 6.11. The lowest BCUT2D eigenvalue weighted by molar-refractivity contribution is -0.140. The fraction of sp³-hybridized carbons (Fsp3) is 0.462. The van der Waals surface area contributed by atoms with E-state index in [1.165, 1.54) is 0 Å². The molecule has 0 bridgehead atoms. The number of nitrogens with zero attached hydrogens (tertiary/aromatic N) is 1. The van der Waals surface area contributed by atoms with Gasteiger partial charge in [0.2, 0.25) is 5.91 Å². The first-order chi connectivity index (χ1) is 9.49. The van der Waals surface area contributed by atoms with Crippen LogP contribution in [0.1, 0.15) is 32.3 Å². The second-order valence-corrected chi connectivity index (χ2v) is 5.39. The topological polar surface area (TPSA) is 79.3 Å². The van der Waals surface area contributed by atoms with Gasteiger partial charge in [0.05, 0.1) is 12.0 Å². The summed E-state index contributed by atoms with van der Waals surface area (Å²) in [6.07, 6.45) is -3.94. The highest BCUT2D eigenvalue weighted by molar-refractivity contribution is 5.90. The zero-order valence-corrected chi connectivity index (χ0v) is 11.5. The van der Waals surface area contributed by atoms with E-state index in [0.29, 0.717) is 0 Å². The minimum atomic E-state index is -4.52. The van der Waals surface area contributed by atoms with Crippen LogP contribution in [0.4, 0.5) is 19.0 Å². The molecule has 0 aliphatic carbocycles. The number of hydrogen-bond donors (Lipinski definition) is 2. The lowest BCUT2D eigenvalue weighted by Gasteiger charge is -2.21. The number of rotatable bonds is 5. The molecule has 1 amide bonds. The summed E-state index contributed by atoms with van der Waals surface area (Å²) in [5, 5.41) is 10.9. The van der Waals surface area contributed by atoms with Crippen LogP contribution in [0.25, 0.3) is 0 Å². The summed E-state index contributed by atoms with van der Waals surface area (Å²) >= 11 is 0. The van der Waals surface area contributed by atoms with E-state index in [9.17, 15) is 22.8 Å². The highest BCUT2D eigenvalue weighted by atomic mass is 19.4. The predicted octanol–water partition coefficient (Wildman–Crippen LogP) is 2.93. The van der Waals surface area contributed by atoms with E-state index in [0.717, 1.165) is 18.3 Å². The van der Waals surface area contributed by atoms with Crippen molar-refractivity contribution in [2.24, 2.45) is 5.41 Å². The number of carbonyl (C=O) groups is 2. The van der Waals surface area contributed by atoms with Crippen LogP contribution in [0.5, 0.6) is 0 Å². The Morgan fingerprint density at radius 1 is 1.29 bits per heavy atom. The van der Waals surface area contributed by atoms with Gasteiger partial charge in [0.1, 0.15) is 5.82 Å². The lowest BCUT2D eigenvalue weighted by Crippen LogP contribution is -2.25. The third-order valence-electron chi connectivity index (χ3n) is 2.62. The second-order valence-electron chi connectivity index (χ2n) is 5.39. The van der Waals surface area contributed by atoms with Gasteiger partial charge in [-0.05, 0) is 17.5 Å². The number of amides is 1. The van der Waals surface area contributed by atoms with Crippen molar-refractivity contribution in [3.63, 3.8) is 0 Å². The Labute approximate surface area is 119 Å². The van der Waals surface area contributed by atoms with Crippen LogP contribution in [0.2, 0.25) is 0 Å². The maximum Gasteiger partial charge on any atom is 0.416 e. The van der Waals surface area contributed by atoms with Crippen molar-refractivity contribution in [1.82, 2.24) is 4.98 Å². The highest BCUT2D eigenvalue weighted by Crippen LogP contribution is 2.30. The summed E-state index contributed by atoms with van der Waals surface area (Å²) in [6, 6.07) is 1.52. The van der Waals surface area contributed by atoms with Crippen molar-refractivity contribution < 1.29 is 27.9 Å². The van der Waals surface area contributed by atoms with Gasteiger partial charge in [0.25, 0.3) is 0 Å². The first-order valence-electron chi connectivity index (χ1n) is 6.04. The first-order valence-corrected chi connectivity index (χ1v) is 6.04. The molecule has 0 aromatic carbocycles. The standard InChI is InChI=1S/C13H15F3N2O3/c1-12(2,7-11(20)21)6-10(19)18-9-5-8(3-4-17-9)13(14,15)16/h3-5H,6-7H2,1-2H3,(H,20,21)(H,17,18,19). The number of alkyl halides is 3. The summed E-state index contributed by atoms with van der Waals surface area (Å²) in [4.78, 5) is 26.0. The van der Waals surface area contributed by atoms with Gasteiger partial charge >= 0.3 is 12.1 Å². The highest BCUT2D eigenvalue weighted by Gasteiger charge is 2.31. The summed E-state index contributed by atoms with van der Waals surface area (Å²) in [5.74, 6) is -1.86. The minimum Gasteiger partial charge on any atom is -0.481 e. The van der Waals surface area contributed by atoms with Gasteiger partial charge in [0.15, 0.2) is 0 Å². The van der Waals surface area contributed by atoms with E-state index in [4.69, 9.17) is 5.11 Å². The van der Waals surface area contributed by atoms with Gasteiger partial charge in [-0.15, -0.1) is 0 Å². The number of halogens is 3. The quantitative estimate of drug-likeness (QED) is 0.876. The number of aliphatic carboxylic acids is 1. The molecule has 0 unspecified atom stereocenters. The molecule has 8 heteroatoms. The average Bonchev–Trinajstić information content (AvgIpc) is 2.24. The maximum absolute atomic E-state index is 12.5. The van der Waals surface area contributed by atoms with Crippen LogP contribution in [-0.4, -0.2) is 22.0 Å². The normalized spacial score (nSPS) is 12.0. The van der Waals surface area contributed by atoms with Crippen LogP contribution >= 0.6 is 0 Å². The number of carboxylic acid groups (broad SMARTS) is 1. The van der Waals surface area contributed by atoms with E-state index >= 15 is 0 Å². The number of hydrogen-bond acceptors (Lipinski definition) is 3. The molecule has 1 rings (SSSR count). The molecule has 0 saturated heterocycles. The fourth-order valence-electron chi connectivity index (χ4n) is 1.77. The van der Waals surface area contributed by atoms with Gasteiger partial charge in [-0.1, -0.05) is 13.8 Å². The van der Waals surface area contributed by atoms with Gasteiger partial charge in [-0.3, -0.25) is 9.59 Å². The van der Waals surface area contributed by atoms with E-state index in [-0.39, 0.29) is 18.7 Å². The van der Waals surface area contributed by atoms with Crippen LogP contribution < -0.4 is 5.32 Å². The summed E-state index contributed by atoms with van der Waals surface area (Å²) in [6.45, 7) is 3.17. The van der Waals surface area contributed by atoms with Crippen molar-refractivity contribution in [3.05, 3.63) is 23.9 Å². The monoisotopic (exact) mass is 304 g/mol. The van der Waals surface area contributed by atoms with Crippen LogP contribution in [0, 0.1) is 5.41 Å². The van der Waals surface area contributed by atoms with E-state index in [2.05, 4.69) is 10.3 Å². The zero-order valence-electron chi connectivity index (χ0n) is 11.5. The van der Waals surface area contributed by atoms with Crippen LogP contribution in [0.3, 0.4) is 0 Å². The Morgan fingerprint density at radius 3 is 2.43 bits per heavy atom. The average molecular weight is 304 g/mol. The van der Waals surface area contributed by atoms with Crippen molar-refractivity contribution >= 4 is 17.7 Å². The molecule has 5 nitrogen and oxygen atoms in total. The molecule has 1 aromatic heterocycles. The molecule has 116 valence electrons. The van der Waals surface area contributed by atoms with Crippen LogP contribution in [-0.2, 0) is 15.8 Å². The molecule has 1 heterocycles. The number of anilines is 1. The van der Waals surface area contributed by atoms with E-state index in [1.54, 1.807) is 13.8 Å². The molecule has 0 radical (unpaired) electrons. The third-order valence-corrected chi connectivity index (χ3v) is 2.62. The smallest absolute Gasteiger partial charge is 0.416 e. The van der Waals surface area contributed by atoms with Gasteiger partial charge < -0.3 is 10.4 Å². The Hall–Kier alpha value is -2.12. The number of carbonyl (C=O) groups excluding carboxylic acids is 1. The largest absolute Gasteiger partial charge is 0.481 e. The Bertz CT molecular complexity index is 542. The summed E-state index contributed by atoms with van der Waals surface area (Å²) in [5.41, 5.74) is -1.73. The first kappa shape index (κ1) is 16.9. The molecule has 21 heavy (non-hydrogen) atoms. The molecular formula is C13H15F3N2O3. The lowest BCUT2D eigenvalue weighted by atomic mass is 9.85. The van der Waals surface area contributed by atoms with Gasteiger partial charge in [-0.2, -0.15) is 13.2 Å². The van der Waals surface area contributed by atoms with Crippen molar-refractivity contribution in [2.75, 3.05) is 5.32 Å². The van der Waals surface area contributed by atoms with Crippen molar-refractivity contribution in [1.29, 1.82) is 0 Å². The SMILES string of the molecule is CC(C)(CC(=O)O)CC(=O)Nc1cc(C(F)(F)F)ccn1. The van der Waals surface area contributed by atoms with Crippen molar-refractivity contribution in [3.8, 4) is 0 Å². The Balaban J connectivity index is 2.74.